The average Bonchev–Trinajstić information content (AvgIpc) is 2.34. The van der Waals surface area contributed by atoms with E-state index in [9.17, 15) is 23.5 Å². The third-order valence-electron chi connectivity index (χ3n) is 1.38. The lowest BCUT2D eigenvalue weighted by atomic mass is 10.3. The van der Waals surface area contributed by atoms with Gasteiger partial charge in [0, 0.05) is 0 Å². The van der Waals surface area contributed by atoms with Crippen molar-refractivity contribution in [1.29, 1.82) is 0 Å². The van der Waals surface area contributed by atoms with E-state index in [0.717, 1.165) is 0 Å². The van der Waals surface area contributed by atoms with Gasteiger partial charge in [-0.3, -0.25) is 4.79 Å². The number of alkyl halides is 2. The molecule has 0 aliphatic carbocycles. The molecule has 0 bridgehead atoms. The molecule has 0 spiro atoms. The maximum atomic E-state index is 12.3. The SMILES string of the molecule is O=C1CC(OC(F)(F)C(=O)[O-])CO1. The van der Waals surface area contributed by atoms with E-state index >= 15 is 0 Å². The lowest BCUT2D eigenvalue weighted by Gasteiger charge is -2.19. The highest BCUT2D eigenvalue weighted by atomic mass is 19.3. The Bertz CT molecular complexity index is 239. The first-order chi connectivity index (χ1) is 5.92. The first kappa shape index (κ1) is 9.85. The highest BCUT2D eigenvalue weighted by Gasteiger charge is 2.39. The second-order valence-electron chi connectivity index (χ2n) is 2.43. The average molecular weight is 195 g/mol. The molecule has 0 N–H and O–H groups in total. The maximum Gasteiger partial charge on any atom is 0.398 e. The molecule has 0 radical (unpaired) electrons. The van der Waals surface area contributed by atoms with Gasteiger partial charge in [-0.25, -0.2) is 0 Å². The van der Waals surface area contributed by atoms with Gasteiger partial charge in [0.2, 0.25) is 0 Å². The number of ether oxygens (including phenoxy) is 2. The van der Waals surface area contributed by atoms with Gasteiger partial charge in [-0.15, -0.1) is 0 Å². The van der Waals surface area contributed by atoms with Crippen LogP contribution in [0.3, 0.4) is 0 Å². The van der Waals surface area contributed by atoms with Gasteiger partial charge in [-0.05, 0) is 0 Å². The summed E-state index contributed by atoms with van der Waals surface area (Å²) in [6, 6.07) is 0. The zero-order chi connectivity index (χ0) is 10.1. The van der Waals surface area contributed by atoms with Crippen LogP contribution in [-0.4, -0.2) is 30.8 Å². The summed E-state index contributed by atoms with van der Waals surface area (Å²) >= 11 is 0. The standard InChI is InChI=1S/C6H6F2O5/c7-6(8,5(10)11)13-3-1-4(9)12-2-3/h3H,1-2H2,(H,10,11)/p-1. The van der Waals surface area contributed by atoms with Crippen LogP contribution >= 0.6 is 0 Å². The number of carboxylic acids is 1. The van der Waals surface area contributed by atoms with Crippen LogP contribution in [0, 0.1) is 0 Å². The van der Waals surface area contributed by atoms with E-state index in [2.05, 4.69) is 9.47 Å². The molecular formula is C6H5F2O5-. The fourth-order valence-electron chi connectivity index (χ4n) is 0.823. The van der Waals surface area contributed by atoms with Crippen LogP contribution in [-0.2, 0) is 19.1 Å². The molecular weight excluding hydrogens is 190 g/mol. The Morgan fingerprint density at radius 2 is 2.31 bits per heavy atom. The van der Waals surface area contributed by atoms with Gasteiger partial charge in [0.1, 0.15) is 18.7 Å². The molecule has 1 aliphatic heterocycles. The summed E-state index contributed by atoms with van der Waals surface area (Å²) in [5, 5.41) is 9.78. The van der Waals surface area contributed by atoms with E-state index in [1.54, 1.807) is 0 Å². The van der Waals surface area contributed by atoms with Crippen LogP contribution in [0.5, 0.6) is 0 Å². The Morgan fingerprint density at radius 1 is 1.69 bits per heavy atom. The molecule has 1 saturated heterocycles. The first-order valence-corrected chi connectivity index (χ1v) is 3.34. The van der Waals surface area contributed by atoms with Gasteiger partial charge in [0.15, 0.2) is 0 Å². The van der Waals surface area contributed by atoms with Crippen molar-refractivity contribution < 1.29 is 33.0 Å². The van der Waals surface area contributed by atoms with Crippen LogP contribution in [0.1, 0.15) is 6.42 Å². The minimum Gasteiger partial charge on any atom is -0.542 e. The molecule has 1 fully saturated rings. The molecule has 0 aromatic heterocycles. The second kappa shape index (κ2) is 3.25. The normalized spacial score (nSPS) is 22.9. The topological polar surface area (TPSA) is 75.7 Å². The predicted octanol–water partition coefficient (Wildman–Crippen LogP) is -1.34. The van der Waals surface area contributed by atoms with Crippen LogP contribution in [0.4, 0.5) is 8.78 Å². The van der Waals surface area contributed by atoms with Gasteiger partial charge >= 0.3 is 12.1 Å². The van der Waals surface area contributed by atoms with Crippen molar-refractivity contribution >= 4 is 11.9 Å². The van der Waals surface area contributed by atoms with Gasteiger partial charge in [0.05, 0.1) is 6.42 Å². The summed E-state index contributed by atoms with van der Waals surface area (Å²) in [6.07, 6.45) is -5.97. The van der Waals surface area contributed by atoms with Crippen LogP contribution in [0.2, 0.25) is 0 Å². The third-order valence-corrected chi connectivity index (χ3v) is 1.38. The summed E-state index contributed by atoms with van der Waals surface area (Å²) in [7, 11) is 0. The van der Waals surface area contributed by atoms with Crippen molar-refractivity contribution in [3.05, 3.63) is 0 Å². The molecule has 1 atom stereocenters. The molecule has 74 valence electrons. The van der Waals surface area contributed by atoms with Gasteiger partial charge in [0.25, 0.3) is 0 Å². The number of carboxylic acid groups (broad SMARTS) is 1. The molecule has 1 unspecified atom stereocenters. The molecule has 1 aliphatic rings. The van der Waals surface area contributed by atoms with Gasteiger partial charge < -0.3 is 19.4 Å². The monoisotopic (exact) mass is 195 g/mol. The molecule has 1 heterocycles. The molecule has 1 rings (SSSR count). The van der Waals surface area contributed by atoms with E-state index in [1.165, 1.54) is 0 Å². The van der Waals surface area contributed by atoms with Crippen molar-refractivity contribution in [3.63, 3.8) is 0 Å². The van der Waals surface area contributed by atoms with Crippen molar-refractivity contribution in [2.75, 3.05) is 6.61 Å². The van der Waals surface area contributed by atoms with E-state index in [0.29, 0.717) is 0 Å². The number of carbonyl (C=O) groups excluding carboxylic acids is 2. The summed E-state index contributed by atoms with van der Waals surface area (Å²) in [6.45, 7) is -0.359. The Hall–Kier alpha value is -1.24. The lowest BCUT2D eigenvalue weighted by Crippen LogP contribution is -2.45. The molecule has 0 aromatic carbocycles. The van der Waals surface area contributed by atoms with Crippen LogP contribution in [0.25, 0.3) is 0 Å². The number of aliphatic carboxylic acids is 1. The quantitative estimate of drug-likeness (QED) is 0.521. The van der Waals surface area contributed by atoms with Crippen LogP contribution < -0.4 is 5.11 Å². The van der Waals surface area contributed by atoms with E-state index < -0.39 is 24.2 Å². The summed E-state index contributed by atoms with van der Waals surface area (Å²) < 4.78 is 32.6. The van der Waals surface area contributed by atoms with Crippen LogP contribution in [0.15, 0.2) is 0 Å². The van der Waals surface area contributed by atoms with Crippen molar-refractivity contribution in [2.45, 2.75) is 18.6 Å². The fraction of sp³-hybridized carbons (Fsp3) is 0.667. The number of carbonyl (C=O) groups is 2. The van der Waals surface area contributed by atoms with E-state index in [1.807, 2.05) is 0 Å². The molecule has 13 heavy (non-hydrogen) atoms. The number of hydrogen-bond donors (Lipinski definition) is 0. The summed E-state index contributed by atoms with van der Waals surface area (Å²) in [4.78, 5) is 20.2. The first-order valence-electron chi connectivity index (χ1n) is 3.34. The minimum absolute atomic E-state index is 0.359. The largest absolute Gasteiger partial charge is 0.542 e. The Balaban J connectivity index is 2.49. The van der Waals surface area contributed by atoms with Crippen molar-refractivity contribution in [1.82, 2.24) is 0 Å². The highest BCUT2D eigenvalue weighted by molar-refractivity contribution is 5.73. The number of cyclic esters (lactones) is 1. The molecule has 7 heteroatoms. The number of hydrogen-bond acceptors (Lipinski definition) is 5. The molecule has 0 aromatic rings. The van der Waals surface area contributed by atoms with E-state index in [-0.39, 0.29) is 13.0 Å². The fourth-order valence-corrected chi connectivity index (χ4v) is 0.823. The predicted molar refractivity (Wildman–Crippen MR) is 30.4 cm³/mol. The number of rotatable bonds is 3. The minimum atomic E-state index is -4.38. The number of halogens is 2. The maximum absolute atomic E-state index is 12.3. The zero-order valence-electron chi connectivity index (χ0n) is 6.29. The highest BCUT2D eigenvalue weighted by Crippen LogP contribution is 2.21. The van der Waals surface area contributed by atoms with Gasteiger partial charge in [-0.2, -0.15) is 8.78 Å². The van der Waals surface area contributed by atoms with Crippen molar-refractivity contribution in [3.8, 4) is 0 Å². The summed E-state index contributed by atoms with van der Waals surface area (Å²) in [5.74, 6) is -3.33. The smallest absolute Gasteiger partial charge is 0.398 e. The summed E-state index contributed by atoms with van der Waals surface area (Å²) in [5.41, 5.74) is 0. The Morgan fingerprint density at radius 3 is 2.69 bits per heavy atom. The molecule has 0 amide bonds. The molecule has 0 saturated carbocycles. The lowest BCUT2D eigenvalue weighted by molar-refractivity contribution is -0.368. The second-order valence-corrected chi connectivity index (χ2v) is 2.43. The third kappa shape index (κ3) is 2.35. The van der Waals surface area contributed by atoms with E-state index in [4.69, 9.17) is 0 Å². The van der Waals surface area contributed by atoms with Gasteiger partial charge in [-0.1, -0.05) is 0 Å². The Labute approximate surface area is 71.2 Å². The van der Waals surface area contributed by atoms with Crippen molar-refractivity contribution in [2.24, 2.45) is 0 Å². The zero-order valence-corrected chi connectivity index (χ0v) is 6.29. The molecule has 5 nitrogen and oxygen atoms in total. The Kier molecular flexibility index (Phi) is 2.46. The number of esters is 1.